The van der Waals surface area contributed by atoms with Crippen molar-refractivity contribution in [1.29, 1.82) is 0 Å². The number of nitrogens with zero attached hydrogens (tertiary/aromatic N) is 2. The Hall–Kier alpha value is -2.42. The van der Waals surface area contributed by atoms with Gasteiger partial charge in [0.25, 0.3) is 0 Å². The minimum absolute atomic E-state index is 0.163. The first-order valence-corrected chi connectivity index (χ1v) is 12.0. The molecule has 166 valence electrons. The average Bonchev–Trinajstić information content (AvgIpc) is 2.68. The zero-order valence-electron chi connectivity index (χ0n) is 18.0. The Morgan fingerprint density at radius 3 is 2.42 bits per heavy atom. The van der Waals surface area contributed by atoms with E-state index in [0.29, 0.717) is 10.7 Å². The van der Waals surface area contributed by atoms with Gasteiger partial charge in [0.15, 0.2) is 0 Å². The summed E-state index contributed by atoms with van der Waals surface area (Å²) in [5.41, 5.74) is 1.78. The lowest BCUT2D eigenvalue weighted by Crippen LogP contribution is -2.70. The van der Waals surface area contributed by atoms with Gasteiger partial charge in [-0.25, -0.2) is 8.42 Å². The molecule has 0 aromatic heterocycles. The van der Waals surface area contributed by atoms with Crippen LogP contribution in [0.1, 0.15) is 23.6 Å². The number of sulfonamides is 1. The zero-order valence-corrected chi connectivity index (χ0v) is 19.5. The van der Waals surface area contributed by atoms with E-state index < -0.39 is 27.4 Å². The van der Waals surface area contributed by atoms with Crippen LogP contribution in [-0.2, 0) is 26.2 Å². The molecule has 0 aliphatic carbocycles. The van der Waals surface area contributed by atoms with Crippen LogP contribution in [0.2, 0.25) is 5.02 Å². The number of hydrogen-bond acceptors (Lipinski definition) is 4. The molecule has 1 heterocycles. The summed E-state index contributed by atoms with van der Waals surface area (Å²) in [6, 6.07) is 12.8. The molecule has 1 N–H and O–H groups in total. The number of anilines is 1. The lowest BCUT2D eigenvalue weighted by molar-refractivity contribution is -0.133. The molecule has 9 heteroatoms. The van der Waals surface area contributed by atoms with E-state index in [1.807, 2.05) is 38.1 Å². The van der Waals surface area contributed by atoms with Crippen molar-refractivity contribution in [2.45, 2.75) is 32.9 Å². The molecule has 31 heavy (non-hydrogen) atoms. The fourth-order valence-electron chi connectivity index (χ4n) is 3.68. The Labute approximate surface area is 188 Å². The van der Waals surface area contributed by atoms with Crippen LogP contribution in [0.5, 0.6) is 0 Å². The average molecular weight is 464 g/mol. The van der Waals surface area contributed by atoms with Gasteiger partial charge in [-0.3, -0.25) is 14.5 Å². The maximum atomic E-state index is 13.4. The molecule has 2 aromatic rings. The molecule has 0 saturated carbocycles. The number of halogens is 1. The summed E-state index contributed by atoms with van der Waals surface area (Å²) in [4.78, 5) is 27.9. The quantitative estimate of drug-likeness (QED) is 0.738. The molecule has 2 aromatic carbocycles. The van der Waals surface area contributed by atoms with Crippen molar-refractivity contribution in [3.63, 3.8) is 0 Å². The van der Waals surface area contributed by atoms with E-state index in [1.165, 1.54) is 4.90 Å². The second-order valence-corrected chi connectivity index (χ2v) is 10.6. The van der Waals surface area contributed by atoms with E-state index in [4.69, 9.17) is 11.6 Å². The van der Waals surface area contributed by atoms with Crippen LogP contribution in [0, 0.1) is 13.8 Å². The highest BCUT2D eigenvalue weighted by Crippen LogP contribution is 2.34. The minimum atomic E-state index is -3.68. The fourth-order valence-corrected chi connectivity index (χ4v) is 4.67. The third-order valence-electron chi connectivity index (χ3n) is 5.48. The van der Waals surface area contributed by atoms with Gasteiger partial charge in [-0.05, 0) is 44.0 Å². The number of amides is 2. The lowest BCUT2D eigenvalue weighted by Gasteiger charge is -2.47. The Morgan fingerprint density at radius 2 is 1.81 bits per heavy atom. The summed E-state index contributed by atoms with van der Waals surface area (Å²) in [6.07, 6.45) is 1.03. The molecule has 1 atom stereocenters. The van der Waals surface area contributed by atoms with Crippen molar-refractivity contribution in [2.24, 2.45) is 0 Å². The summed E-state index contributed by atoms with van der Waals surface area (Å²) in [5, 5.41) is 3.29. The van der Waals surface area contributed by atoms with Crippen molar-refractivity contribution in [3.8, 4) is 0 Å². The Balaban J connectivity index is 1.99. The third kappa shape index (κ3) is 4.92. The number of benzene rings is 2. The van der Waals surface area contributed by atoms with Crippen LogP contribution < -0.4 is 10.2 Å². The van der Waals surface area contributed by atoms with Crippen LogP contribution in [0.4, 0.5) is 5.69 Å². The number of carbonyl (C=O) groups is 2. The van der Waals surface area contributed by atoms with Crippen molar-refractivity contribution in [2.75, 3.05) is 24.2 Å². The molecule has 0 bridgehead atoms. The van der Waals surface area contributed by atoms with Gasteiger partial charge in [-0.1, -0.05) is 47.5 Å². The highest BCUT2D eigenvalue weighted by atomic mass is 35.5. The van der Waals surface area contributed by atoms with Crippen molar-refractivity contribution in [3.05, 3.63) is 64.2 Å². The molecule has 2 amide bonds. The van der Waals surface area contributed by atoms with E-state index in [1.54, 1.807) is 25.1 Å². The maximum Gasteiger partial charge on any atom is 0.247 e. The topological polar surface area (TPSA) is 86.8 Å². The smallest absolute Gasteiger partial charge is 0.247 e. The molecule has 0 unspecified atom stereocenters. The molecule has 1 saturated heterocycles. The van der Waals surface area contributed by atoms with Crippen LogP contribution in [0.15, 0.2) is 42.5 Å². The highest BCUT2D eigenvalue weighted by molar-refractivity contribution is 7.88. The molecule has 1 fully saturated rings. The van der Waals surface area contributed by atoms with Gasteiger partial charge in [0.05, 0.1) is 12.8 Å². The SMILES string of the molecule is Cc1ccc(CNC(=O)[C@]2(C)CN(S(C)(=O)=O)CC(=O)N2c2cc(Cl)ccc2C)cc1. The largest absolute Gasteiger partial charge is 0.350 e. The summed E-state index contributed by atoms with van der Waals surface area (Å²) in [6.45, 7) is 5.11. The van der Waals surface area contributed by atoms with Gasteiger partial charge in [-0.2, -0.15) is 4.31 Å². The second kappa shape index (κ2) is 8.61. The normalized spacial score (nSPS) is 20.0. The number of carbonyl (C=O) groups excluding carboxylic acids is 2. The van der Waals surface area contributed by atoms with Crippen molar-refractivity contribution >= 4 is 39.1 Å². The first-order valence-electron chi connectivity index (χ1n) is 9.80. The predicted molar refractivity (Wildman–Crippen MR) is 122 cm³/mol. The molecule has 7 nitrogen and oxygen atoms in total. The van der Waals surface area contributed by atoms with Gasteiger partial charge in [0.1, 0.15) is 5.54 Å². The van der Waals surface area contributed by atoms with Crippen LogP contribution in [-0.4, -0.2) is 49.4 Å². The lowest BCUT2D eigenvalue weighted by atomic mass is 9.93. The molecule has 0 spiro atoms. The first-order chi connectivity index (χ1) is 14.4. The first kappa shape index (κ1) is 23.2. The Bertz CT molecular complexity index is 1120. The summed E-state index contributed by atoms with van der Waals surface area (Å²) in [5.74, 6) is -0.941. The molecular formula is C22H26ClN3O4S. The highest BCUT2D eigenvalue weighted by Gasteiger charge is 2.50. The number of rotatable bonds is 5. The maximum absolute atomic E-state index is 13.4. The third-order valence-corrected chi connectivity index (χ3v) is 6.91. The van der Waals surface area contributed by atoms with Gasteiger partial charge in [0.2, 0.25) is 21.8 Å². The molecule has 1 aliphatic rings. The van der Waals surface area contributed by atoms with Gasteiger partial charge >= 0.3 is 0 Å². The van der Waals surface area contributed by atoms with E-state index in [-0.39, 0.29) is 19.6 Å². The fraction of sp³-hybridized carbons (Fsp3) is 0.364. The second-order valence-electron chi connectivity index (χ2n) is 8.13. The summed E-state index contributed by atoms with van der Waals surface area (Å²) < 4.78 is 25.5. The predicted octanol–water partition coefficient (Wildman–Crippen LogP) is 2.64. The summed E-state index contributed by atoms with van der Waals surface area (Å²) >= 11 is 6.17. The number of nitrogens with one attached hydrogen (secondary N) is 1. The monoisotopic (exact) mass is 463 g/mol. The Kier molecular flexibility index (Phi) is 6.45. The molecule has 3 rings (SSSR count). The zero-order chi connectivity index (χ0) is 23.0. The summed E-state index contributed by atoms with van der Waals surface area (Å²) in [7, 11) is -3.68. The van der Waals surface area contributed by atoms with Crippen LogP contribution >= 0.6 is 11.6 Å². The molecule has 0 radical (unpaired) electrons. The van der Waals surface area contributed by atoms with Gasteiger partial charge in [-0.15, -0.1) is 0 Å². The van der Waals surface area contributed by atoms with E-state index in [0.717, 1.165) is 27.3 Å². The van der Waals surface area contributed by atoms with Crippen LogP contribution in [0.3, 0.4) is 0 Å². The van der Waals surface area contributed by atoms with E-state index in [9.17, 15) is 18.0 Å². The number of hydrogen-bond donors (Lipinski definition) is 1. The van der Waals surface area contributed by atoms with Crippen LogP contribution in [0.25, 0.3) is 0 Å². The van der Waals surface area contributed by atoms with E-state index >= 15 is 0 Å². The number of aryl methyl sites for hydroxylation is 2. The molecule has 1 aliphatic heterocycles. The van der Waals surface area contributed by atoms with Crippen molar-refractivity contribution < 1.29 is 18.0 Å². The Morgan fingerprint density at radius 1 is 1.16 bits per heavy atom. The van der Waals surface area contributed by atoms with Crippen molar-refractivity contribution in [1.82, 2.24) is 9.62 Å². The van der Waals surface area contributed by atoms with Gasteiger partial charge < -0.3 is 5.32 Å². The standard InChI is InChI=1S/C22H26ClN3O4S/c1-15-5-8-17(9-6-15)12-24-21(28)22(3)14-25(31(4,29)30)13-20(27)26(22)19-11-18(23)10-7-16(19)2/h5-11H,12-14H2,1-4H3,(H,24,28)/t22-/m0/s1. The minimum Gasteiger partial charge on any atom is -0.350 e. The molecular weight excluding hydrogens is 438 g/mol. The van der Waals surface area contributed by atoms with Gasteiger partial charge in [0, 0.05) is 23.8 Å². The number of piperazine rings is 1. The van der Waals surface area contributed by atoms with E-state index in [2.05, 4.69) is 5.32 Å².